The number of aromatic hydroxyl groups is 1. The number of methoxy groups -OCH3 is 1. The zero-order valence-corrected chi connectivity index (χ0v) is 13.1. The smallest absolute Gasteiger partial charge is 0.162 e. The van der Waals surface area contributed by atoms with E-state index in [4.69, 9.17) is 16.3 Å². The summed E-state index contributed by atoms with van der Waals surface area (Å²) in [5, 5.41) is 16.0. The normalized spacial score (nSPS) is 10.8. The first-order chi connectivity index (χ1) is 9.65. The second kappa shape index (κ2) is 6.97. The van der Waals surface area contributed by atoms with Crippen molar-refractivity contribution in [3.05, 3.63) is 44.6 Å². The molecule has 1 heterocycles. The van der Waals surface area contributed by atoms with E-state index in [1.165, 1.54) is 17.6 Å². The summed E-state index contributed by atoms with van der Waals surface area (Å²) in [6, 6.07) is 5.51. The highest BCUT2D eigenvalue weighted by Crippen LogP contribution is 2.33. The van der Waals surface area contributed by atoms with Crippen LogP contribution in [0.25, 0.3) is 0 Å². The Morgan fingerprint density at radius 1 is 1.30 bits per heavy atom. The summed E-state index contributed by atoms with van der Waals surface area (Å²) in [4.78, 5) is 1.33. The van der Waals surface area contributed by atoms with Crippen LogP contribution in [0.2, 0.25) is 5.02 Å². The first-order valence-electron chi connectivity index (χ1n) is 6.47. The number of ether oxygens (including phenoxy) is 1. The van der Waals surface area contributed by atoms with Crippen molar-refractivity contribution < 1.29 is 9.84 Å². The SMILES string of the molecule is CCc1ccsc1CNCc1cc(Cl)cc(OC)c1O. The van der Waals surface area contributed by atoms with Crippen LogP contribution in [0.4, 0.5) is 0 Å². The lowest BCUT2D eigenvalue weighted by atomic mass is 10.1. The molecule has 0 saturated heterocycles. The van der Waals surface area contributed by atoms with Gasteiger partial charge in [-0.15, -0.1) is 11.3 Å². The van der Waals surface area contributed by atoms with Crippen LogP contribution < -0.4 is 10.1 Å². The molecule has 0 aliphatic rings. The quantitative estimate of drug-likeness (QED) is 0.848. The van der Waals surface area contributed by atoms with Gasteiger partial charge in [0.25, 0.3) is 0 Å². The molecule has 0 amide bonds. The number of nitrogens with one attached hydrogen (secondary N) is 1. The van der Waals surface area contributed by atoms with Gasteiger partial charge in [0.05, 0.1) is 7.11 Å². The van der Waals surface area contributed by atoms with Crippen molar-refractivity contribution >= 4 is 22.9 Å². The summed E-state index contributed by atoms with van der Waals surface area (Å²) in [6.07, 6.45) is 1.04. The summed E-state index contributed by atoms with van der Waals surface area (Å²) < 4.78 is 5.10. The minimum atomic E-state index is 0.145. The van der Waals surface area contributed by atoms with E-state index in [0.29, 0.717) is 17.3 Å². The van der Waals surface area contributed by atoms with Gasteiger partial charge in [0.2, 0.25) is 0 Å². The van der Waals surface area contributed by atoms with Gasteiger partial charge in [-0.2, -0.15) is 0 Å². The van der Waals surface area contributed by atoms with Crippen molar-refractivity contribution in [1.29, 1.82) is 0 Å². The van der Waals surface area contributed by atoms with E-state index in [1.807, 2.05) is 0 Å². The van der Waals surface area contributed by atoms with E-state index in [9.17, 15) is 5.11 Å². The highest BCUT2D eigenvalue weighted by Gasteiger charge is 2.10. The predicted octanol–water partition coefficient (Wildman–Crippen LogP) is 3.97. The molecule has 1 aromatic carbocycles. The molecule has 0 unspecified atom stereocenters. The van der Waals surface area contributed by atoms with E-state index in [2.05, 4.69) is 23.7 Å². The lowest BCUT2D eigenvalue weighted by Crippen LogP contribution is -2.13. The van der Waals surface area contributed by atoms with E-state index in [-0.39, 0.29) is 5.75 Å². The van der Waals surface area contributed by atoms with Gasteiger partial charge in [0, 0.05) is 34.6 Å². The van der Waals surface area contributed by atoms with Gasteiger partial charge < -0.3 is 15.2 Å². The summed E-state index contributed by atoms with van der Waals surface area (Å²) >= 11 is 7.76. The molecule has 5 heteroatoms. The van der Waals surface area contributed by atoms with Crippen LogP contribution in [0.3, 0.4) is 0 Å². The number of halogens is 1. The molecule has 0 aliphatic heterocycles. The molecule has 0 spiro atoms. The molecule has 2 rings (SSSR count). The maximum Gasteiger partial charge on any atom is 0.162 e. The van der Waals surface area contributed by atoms with E-state index in [0.717, 1.165) is 18.5 Å². The first-order valence-corrected chi connectivity index (χ1v) is 7.72. The average molecular weight is 312 g/mol. The predicted molar refractivity (Wildman–Crippen MR) is 83.9 cm³/mol. The average Bonchev–Trinajstić information content (AvgIpc) is 2.89. The van der Waals surface area contributed by atoms with Crippen molar-refractivity contribution in [1.82, 2.24) is 5.32 Å². The number of benzene rings is 1. The van der Waals surface area contributed by atoms with Crippen molar-refractivity contribution in [2.45, 2.75) is 26.4 Å². The Morgan fingerprint density at radius 3 is 2.80 bits per heavy atom. The second-order valence-electron chi connectivity index (χ2n) is 4.44. The Morgan fingerprint density at radius 2 is 2.10 bits per heavy atom. The topological polar surface area (TPSA) is 41.5 Å². The third-order valence-corrected chi connectivity index (χ3v) is 4.34. The Balaban J connectivity index is 2.02. The molecule has 0 saturated carbocycles. The Bertz CT molecular complexity index is 583. The van der Waals surface area contributed by atoms with Crippen LogP contribution in [0.5, 0.6) is 11.5 Å². The maximum absolute atomic E-state index is 10.1. The molecule has 0 radical (unpaired) electrons. The van der Waals surface area contributed by atoms with Crippen LogP contribution in [0, 0.1) is 0 Å². The van der Waals surface area contributed by atoms with Crippen LogP contribution in [-0.2, 0) is 19.5 Å². The molecular weight excluding hydrogens is 294 g/mol. The van der Waals surface area contributed by atoms with Crippen LogP contribution in [-0.4, -0.2) is 12.2 Å². The lowest BCUT2D eigenvalue weighted by Gasteiger charge is -2.11. The number of hydrogen-bond donors (Lipinski definition) is 2. The summed E-state index contributed by atoms with van der Waals surface area (Å²) in [5.74, 6) is 0.547. The fourth-order valence-electron chi connectivity index (χ4n) is 2.07. The molecule has 20 heavy (non-hydrogen) atoms. The van der Waals surface area contributed by atoms with Crippen molar-refractivity contribution in [3.8, 4) is 11.5 Å². The zero-order valence-electron chi connectivity index (χ0n) is 11.6. The van der Waals surface area contributed by atoms with E-state index in [1.54, 1.807) is 23.5 Å². The first kappa shape index (κ1) is 15.2. The molecule has 108 valence electrons. The van der Waals surface area contributed by atoms with Gasteiger partial charge in [-0.1, -0.05) is 18.5 Å². The molecule has 2 aromatic rings. The molecule has 0 aliphatic carbocycles. The summed E-state index contributed by atoms with van der Waals surface area (Å²) in [7, 11) is 1.52. The van der Waals surface area contributed by atoms with Crippen LogP contribution in [0.15, 0.2) is 23.6 Å². The fourth-order valence-corrected chi connectivity index (χ4v) is 3.24. The number of rotatable bonds is 6. The summed E-state index contributed by atoms with van der Waals surface area (Å²) in [5.41, 5.74) is 2.11. The molecule has 2 N–H and O–H groups in total. The number of phenols is 1. The van der Waals surface area contributed by atoms with Gasteiger partial charge in [-0.3, -0.25) is 0 Å². The fraction of sp³-hybridized carbons (Fsp3) is 0.333. The molecule has 3 nitrogen and oxygen atoms in total. The van der Waals surface area contributed by atoms with Gasteiger partial charge in [-0.05, 0) is 29.5 Å². The van der Waals surface area contributed by atoms with Crippen LogP contribution >= 0.6 is 22.9 Å². The highest BCUT2D eigenvalue weighted by atomic mass is 35.5. The molecule has 0 fully saturated rings. The standard InChI is InChI=1S/C15H18ClNO2S/c1-3-10-4-5-20-14(10)9-17-8-11-6-12(16)7-13(19-2)15(11)18/h4-7,17-18H,3,8-9H2,1-2H3. The monoisotopic (exact) mass is 311 g/mol. The van der Waals surface area contributed by atoms with Crippen molar-refractivity contribution in [3.63, 3.8) is 0 Å². The Hall–Kier alpha value is -1.23. The van der Waals surface area contributed by atoms with Gasteiger partial charge in [-0.25, -0.2) is 0 Å². The summed E-state index contributed by atoms with van der Waals surface area (Å²) in [6.45, 7) is 3.48. The lowest BCUT2D eigenvalue weighted by molar-refractivity contribution is 0.369. The zero-order chi connectivity index (χ0) is 14.5. The molecule has 0 atom stereocenters. The number of thiophene rings is 1. The van der Waals surface area contributed by atoms with Crippen LogP contribution in [0.1, 0.15) is 22.9 Å². The van der Waals surface area contributed by atoms with E-state index < -0.39 is 0 Å². The Kier molecular flexibility index (Phi) is 5.29. The minimum Gasteiger partial charge on any atom is -0.504 e. The second-order valence-corrected chi connectivity index (χ2v) is 5.88. The number of hydrogen-bond acceptors (Lipinski definition) is 4. The molecule has 0 bridgehead atoms. The number of aryl methyl sites for hydroxylation is 1. The van der Waals surface area contributed by atoms with Gasteiger partial charge in [0.15, 0.2) is 11.5 Å². The highest BCUT2D eigenvalue weighted by molar-refractivity contribution is 7.10. The third-order valence-electron chi connectivity index (χ3n) is 3.16. The molecular formula is C15H18ClNO2S. The molecule has 1 aromatic heterocycles. The number of phenolic OH excluding ortho intramolecular Hbond substituents is 1. The van der Waals surface area contributed by atoms with Gasteiger partial charge >= 0.3 is 0 Å². The van der Waals surface area contributed by atoms with Gasteiger partial charge in [0.1, 0.15) is 0 Å². The maximum atomic E-state index is 10.1. The van der Waals surface area contributed by atoms with Crippen molar-refractivity contribution in [2.24, 2.45) is 0 Å². The third kappa shape index (κ3) is 3.45. The van der Waals surface area contributed by atoms with Crippen molar-refractivity contribution in [2.75, 3.05) is 7.11 Å². The van der Waals surface area contributed by atoms with E-state index >= 15 is 0 Å². The minimum absolute atomic E-state index is 0.145. The Labute approximate surface area is 128 Å². The largest absolute Gasteiger partial charge is 0.504 e.